The molecule has 0 unspecified atom stereocenters. The number of benzene rings is 3. The minimum atomic E-state index is -0.0629. The van der Waals surface area contributed by atoms with Crippen molar-refractivity contribution in [3.05, 3.63) is 94.0 Å². The highest BCUT2D eigenvalue weighted by atomic mass is 35.5. The van der Waals surface area contributed by atoms with Crippen LogP contribution in [0.5, 0.6) is 0 Å². The van der Waals surface area contributed by atoms with Crippen LogP contribution in [-0.2, 0) is 12.0 Å². The molecule has 0 aliphatic heterocycles. The number of rotatable bonds is 4. The number of carbonyl (C=O) groups excluding carboxylic acids is 1. The van der Waals surface area contributed by atoms with E-state index in [-0.39, 0.29) is 11.3 Å². The summed E-state index contributed by atoms with van der Waals surface area (Å²) in [4.78, 5) is 20.2. The van der Waals surface area contributed by atoms with Crippen molar-refractivity contribution < 1.29 is 4.79 Å². The highest BCUT2D eigenvalue weighted by Gasteiger charge is 2.23. The smallest absolute Gasteiger partial charge is 0.260 e. The number of hydrogen-bond acceptors (Lipinski definition) is 3. The molecule has 1 heterocycles. The van der Waals surface area contributed by atoms with Gasteiger partial charge in [-0.25, -0.2) is 4.98 Å². The summed E-state index contributed by atoms with van der Waals surface area (Å²) in [5, 5.41) is 1.36. The number of aryl methyl sites for hydroxylation is 1. The van der Waals surface area contributed by atoms with E-state index in [0.29, 0.717) is 22.3 Å². The average Bonchev–Trinajstić information content (AvgIpc) is 3.19. The number of anilines is 1. The first-order valence-electron chi connectivity index (χ1n) is 10.3. The molecule has 3 nitrogen and oxygen atoms in total. The summed E-state index contributed by atoms with van der Waals surface area (Å²) >= 11 is 7.81. The average molecular weight is 449 g/mol. The second kappa shape index (κ2) is 8.45. The monoisotopic (exact) mass is 448 g/mol. The van der Waals surface area contributed by atoms with E-state index >= 15 is 0 Å². The Hall–Kier alpha value is -2.69. The van der Waals surface area contributed by atoms with Crippen LogP contribution in [0.3, 0.4) is 0 Å². The summed E-state index contributed by atoms with van der Waals surface area (Å²) in [5.74, 6) is -0.0629. The number of amides is 1. The molecule has 158 valence electrons. The molecule has 0 atom stereocenters. The van der Waals surface area contributed by atoms with Gasteiger partial charge in [0, 0.05) is 10.6 Å². The summed E-state index contributed by atoms with van der Waals surface area (Å²) in [6.07, 6.45) is 0. The minimum absolute atomic E-state index is 0.0368. The zero-order valence-electron chi connectivity index (χ0n) is 18.1. The van der Waals surface area contributed by atoms with E-state index in [1.807, 2.05) is 73.7 Å². The number of hydrogen-bond donors (Lipinski definition) is 0. The van der Waals surface area contributed by atoms with E-state index < -0.39 is 0 Å². The normalized spacial score (nSPS) is 11.6. The van der Waals surface area contributed by atoms with Crippen LogP contribution in [0, 0.1) is 6.92 Å². The second-order valence-electron chi connectivity index (χ2n) is 8.72. The summed E-state index contributed by atoms with van der Waals surface area (Å²) in [5.41, 5.74) is 4.72. The van der Waals surface area contributed by atoms with E-state index in [1.54, 1.807) is 4.90 Å². The quantitative estimate of drug-likeness (QED) is 0.325. The molecule has 0 saturated carbocycles. The van der Waals surface area contributed by atoms with Gasteiger partial charge in [-0.15, -0.1) is 0 Å². The molecule has 0 N–H and O–H groups in total. The molecule has 3 aromatic carbocycles. The molecule has 0 aliphatic carbocycles. The fourth-order valence-electron chi connectivity index (χ4n) is 3.47. The fraction of sp³-hybridized carbons (Fsp3) is 0.231. The Labute approximate surface area is 192 Å². The van der Waals surface area contributed by atoms with Crippen LogP contribution in [0.1, 0.15) is 47.8 Å². The van der Waals surface area contributed by atoms with E-state index in [1.165, 1.54) is 16.9 Å². The molecule has 0 radical (unpaired) electrons. The van der Waals surface area contributed by atoms with Gasteiger partial charge in [0.05, 0.1) is 16.8 Å². The highest BCUT2D eigenvalue weighted by molar-refractivity contribution is 7.22. The van der Waals surface area contributed by atoms with Gasteiger partial charge in [-0.3, -0.25) is 9.69 Å². The fourth-order valence-corrected chi connectivity index (χ4v) is 4.64. The van der Waals surface area contributed by atoms with E-state index in [0.717, 1.165) is 21.3 Å². The predicted octanol–water partition coefficient (Wildman–Crippen LogP) is 7.40. The maximum Gasteiger partial charge on any atom is 0.260 e. The Morgan fingerprint density at radius 2 is 1.68 bits per heavy atom. The van der Waals surface area contributed by atoms with Crippen molar-refractivity contribution in [1.29, 1.82) is 0 Å². The van der Waals surface area contributed by atoms with Gasteiger partial charge in [-0.1, -0.05) is 86.2 Å². The Morgan fingerprint density at radius 1 is 1.00 bits per heavy atom. The lowest BCUT2D eigenvalue weighted by atomic mass is 9.86. The molecule has 0 saturated heterocycles. The number of aromatic nitrogens is 1. The van der Waals surface area contributed by atoms with Crippen molar-refractivity contribution in [2.45, 2.75) is 39.7 Å². The Bertz CT molecular complexity index is 1220. The van der Waals surface area contributed by atoms with Crippen molar-refractivity contribution in [3.8, 4) is 0 Å². The number of nitrogens with zero attached hydrogens (tertiary/aromatic N) is 2. The Balaban J connectivity index is 1.76. The third kappa shape index (κ3) is 4.51. The number of carbonyl (C=O) groups is 1. The summed E-state index contributed by atoms with van der Waals surface area (Å²) in [7, 11) is 0. The number of fused-ring (bicyclic) bond motifs is 1. The molecule has 4 aromatic rings. The lowest BCUT2D eigenvalue weighted by Gasteiger charge is -2.22. The maximum atomic E-state index is 13.6. The summed E-state index contributed by atoms with van der Waals surface area (Å²) in [6, 6.07) is 21.8. The molecule has 0 fully saturated rings. The van der Waals surface area contributed by atoms with Crippen LogP contribution in [-0.4, -0.2) is 10.9 Å². The molecule has 0 spiro atoms. The van der Waals surface area contributed by atoms with Gasteiger partial charge in [0.2, 0.25) is 0 Å². The van der Waals surface area contributed by atoms with Gasteiger partial charge < -0.3 is 0 Å². The minimum Gasteiger partial charge on any atom is -0.279 e. The molecule has 31 heavy (non-hydrogen) atoms. The standard InChI is InChI=1S/C26H25ClN2OS/c1-17-21(27)14-15-22-23(17)28-25(31-22)29(16-18-8-6-5-7-9-18)24(30)19-10-12-20(13-11-19)26(2,3)4/h5-15H,16H2,1-4H3. The SMILES string of the molecule is Cc1c(Cl)ccc2sc(N(Cc3ccccc3)C(=O)c3ccc(C(C)(C)C)cc3)nc12. The number of thiazole rings is 1. The van der Waals surface area contributed by atoms with E-state index in [4.69, 9.17) is 16.6 Å². The largest absolute Gasteiger partial charge is 0.279 e. The summed E-state index contributed by atoms with van der Waals surface area (Å²) < 4.78 is 1.02. The van der Waals surface area contributed by atoms with Crippen molar-refractivity contribution in [2.75, 3.05) is 4.90 Å². The zero-order chi connectivity index (χ0) is 22.2. The van der Waals surface area contributed by atoms with Gasteiger partial charge in [0.1, 0.15) is 0 Å². The number of halogens is 1. The van der Waals surface area contributed by atoms with Crippen molar-refractivity contribution in [3.63, 3.8) is 0 Å². The maximum absolute atomic E-state index is 13.6. The summed E-state index contributed by atoms with van der Waals surface area (Å²) in [6.45, 7) is 8.91. The third-order valence-electron chi connectivity index (χ3n) is 5.39. The second-order valence-corrected chi connectivity index (χ2v) is 10.1. The van der Waals surface area contributed by atoms with Gasteiger partial charge in [0.15, 0.2) is 5.13 Å². The van der Waals surface area contributed by atoms with Gasteiger partial charge in [-0.2, -0.15) is 0 Å². The van der Waals surface area contributed by atoms with Crippen molar-refractivity contribution in [1.82, 2.24) is 4.98 Å². The lowest BCUT2D eigenvalue weighted by Crippen LogP contribution is -2.30. The molecule has 0 bridgehead atoms. The lowest BCUT2D eigenvalue weighted by molar-refractivity contribution is 0.0985. The molecular weight excluding hydrogens is 424 g/mol. The Morgan fingerprint density at radius 3 is 2.32 bits per heavy atom. The van der Waals surface area contributed by atoms with Crippen molar-refractivity contribution >= 4 is 44.2 Å². The van der Waals surface area contributed by atoms with Crippen molar-refractivity contribution in [2.24, 2.45) is 0 Å². The molecule has 0 aliphatic rings. The van der Waals surface area contributed by atoms with Crippen LogP contribution in [0.25, 0.3) is 10.2 Å². The molecular formula is C26H25ClN2OS. The molecule has 5 heteroatoms. The topological polar surface area (TPSA) is 33.2 Å². The first-order valence-corrected chi connectivity index (χ1v) is 11.5. The predicted molar refractivity (Wildman–Crippen MR) is 131 cm³/mol. The first kappa shape index (κ1) is 21.5. The van der Waals surface area contributed by atoms with Gasteiger partial charge >= 0.3 is 0 Å². The molecule has 4 rings (SSSR count). The van der Waals surface area contributed by atoms with Gasteiger partial charge in [-0.05, 0) is 53.3 Å². The molecule has 1 amide bonds. The molecule has 1 aromatic heterocycles. The van der Waals surface area contributed by atoms with Crippen LogP contribution >= 0.6 is 22.9 Å². The van der Waals surface area contributed by atoms with Crippen LogP contribution < -0.4 is 4.90 Å². The van der Waals surface area contributed by atoms with Gasteiger partial charge in [0.25, 0.3) is 5.91 Å². The first-order chi connectivity index (χ1) is 14.7. The van der Waals surface area contributed by atoms with E-state index in [9.17, 15) is 4.79 Å². The van der Waals surface area contributed by atoms with Crippen LogP contribution in [0.15, 0.2) is 66.7 Å². The van der Waals surface area contributed by atoms with E-state index in [2.05, 4.69) is 20.8 Å². The third-order valence-corrected chi connectivity index (χ3v) is 6.85. The highest BCUT2D eigenvalue weighted by Crippen LogP contribution is 2.35. The Kier molecular flexibility index (Phi) is 5.87. The van der Waals surface area contributed by atoms with Crippen LogP contribution in [0.4, 0.5) is 5.13 Å². The zero-order valence-corrected chi connectivity index (χ0v) is 19.7. The van der Waals surface area contributed by atoms with Crippen LogP contribution in [0.2, 0.25) is 5.02 Å².